The number of aromatic nitrogens is 2. The summed E-state index contributed by atoms with van der Waals surface area (Å²) in [6.45, 7) is 5.70. The Labute approximate surface area is 191 Å². The van der Waals surface area contributed by atoms with Gasteiger partial charge in [-0.15, -0.1) is 0 Å². The predicted octanol–water partition coefficient (Wildman–Crippen LogP) is 5.29. The van der Waals surface area contributed by atoms with E-state index in [1.165, 1.54) is 30.3 Å². The summed E-state index contributed by atoms with van der Waals surface area (Å²) in [6, 6.07) is 18.1. The standard InChI is InChI=1S/C24H20ClN3O3S/c1-15(2)16-8-11-18(12-9-16)32(30,31)27-21-13-10-17(25)14-20(21)24(29)23-19-6-4-5-7-22(19)28(3)26-23/h4-14,27H,1H2,2-3H3. The number of hydrogen-bond donors (Lipinski definition) is 1. The first-order valence-electron chi connectivity index (χ1n) is 9.72. The first-order chi connectivity index (χ1) is 15.2. The van der Waals surface area contributed by atoms with E-state index in [-0.39, 0.29) is 21.8 Å². The van der Waals surface area contributed by atoms with Gasteiger partial charge in [0.05, 0.1) is 16.1 Å². The number of halogens is 1. The van der Waals surface area contributed by atoms with Crippen molar-refractivity contribution in [3.05, 3.63) is 95.2 Å². The van der Waals surface area contributed by atoms with Gasteiger partial charge in [0.1, 0.15) is 5.69 Å². The molecule has 0 fully saturated rings. The van der Waals surface area contributed by atoms with E-state index in [4.69, 9.17) is 11.6 Å². The van der Waals surface area contributed by atoms with E-state index in [9.17, 15) is 13.2 Å². The van der Waals surface area contributed by atoms with Crippen LogP contribution in [0.15, 0.2) is 78.2 Å². The molecule has 3 aromatic carbocycles. The maximum Gasteiger partial charge on any atom is 0.261 e. The Morgan fingerprint density at radius 3 is 2.44 bits per heavy atom. The molecule has 0 bridgehead atoms. The fourth-order valence-corrected chi connectivity index (χ4v) is 4.68. The van der Waals surface area contributed by atoms with Crippen molar-refractivity contribution >= 4 is 49.6 Å². The predicted molar refractivity (Wildman–Crippen MR) is 128 cm³/mol. The second kappa shape index (κ2) is 8.26. The lowest BCUT2D eigenvalue weighted by Gasteiger charge is -2.13. The Morgan fingerprint density at radius 2 is 1.75 bits per heavy atom. The number of ketones is 1. The molecule has 0 amide bonds. The minimum Gasteiger partial charge on any atom is -0.287 e. The van der Waals surface area contributed by atoms with Gasteiger partial charge < -0.3 is 0 Å². The average molecular weight is 466 g/mol. The maximum atomic E-state index is 13.4. The van der Waals surface area contributed by atoms with Gasteiger partial charge in [-0.05, 0) is 48.9 Å². The monoisotopic (exact) mass is 465 g/mol. The third-order valence-electron chi connectivity index (χ3n) is 5.10. The van der Waals surface area contributed by atoms with Gasteiger partial charge in [0.2, 0.25) is 5.78 Å². The van der Waals surface area contributed by atoms with Gasteiger partial charge in [0.15, 0.2) is 0 Å². The molecule has 0 atom stereocenters. The molecule has 32 heavy (non-hydrogen) atoms. The Bertz CT molecular complexity index is 1470. The summed E-state index contributed by atoms with van der Waals surface area (Å²) in [5.74, 6) is -0.431. The highest BCUT2D eigenvalue weighted by atomic mass is 35.5. The van der Waals surface area contributed by atoms with Gasteiger partial charge in [-0.1, -0.05) is 54.1 Å². The summed E-state index contributed by atoms with van der Waals surface area (Å²) < 4.78 is 30.1. The minimum atomic E-state index is -3.94. The van der Waals surface area contributed by atoms with Gasteiger partial charge in [-0.25, -0.2) is 8.42 Å². The average Bonchev–Trinajstić information content (AvgIpc) is 3.11. The molecule has 1 heterocycles. The van der Waals surface area contributed by atoms with Crippen molar-refractivity contribution < 1.29 is 13.2 Å². The lowest BCUT2D eigenvalue weighted by Crippen LogP contribution is -2.16. The van der Waals surface area contributed by atoms with E-state index in [0.29, 0.717) is 10.4 Å². The number of allylic oxidation sites excluding steroid dienone is 1. The first-order valence-corrected chi connectivity index (χ1v) is 11.6. The molecule has 0 saturated heterocycles. The first kappa shape index (κ1) is 21.8. The topological polar surface area (TPSA) is 81.1 Å². The van der Waals surface area contributed by atoms with Crippen molar-refractivity contribution in [2.24, 2.45) is 7.05 Å². The highest BCUT2D eigenvalue weighted by Crippen LogP contribution is 2.28. The number of carbonyl (C=O) groups excluding carboxylic acids is 1. The van der Waals surface area contributed by atoms with Crippen LogP contribution in [-0.2, 0) is 17.1 Å². The second-order valence-corrected chi connectivity index (χ2v) is 9.54. The highest BCUT2D eigenvalue weighted by Gasteiger charge is 2.23. The summed E-state index contributed by atoms with van der Waals surface area (Å²) in [5, 5.41) is 5.33. The Balaban J connectivity index is 1.75. The molecule has 4 rings (SSSR count). The number of hydrogen-bond acceptors (Lipinski definition) is 4. The molecule has 4 aromatic rings. The van der Waals surface area contributed by atoms with Gasteiger partial charge in [0.25, 0.3) is 10.0 Å². The largest absolute Gasteiger partial charge is 0.287 e. The van der Waals surface area contributed by atoms with Crippen LogP contribution in [0.2, 0.25) is 5.02 Å². The number of rotatable bonds is 6. The molecule has 0 aliphatic heterocycles. The SMILES string of the molecule is C=C(C)c1ccc(S(=O)(=O)Nc2ccc(Cl)cc2C(=O)c2nn(C)c3ccccc23)cc1. The minimum absolute atomic E-state index is 0.0686. The van der Waals surface area contributed by atoms with Crippen molar-refractivity contribution in [1.82, 2.24) is 9.78 Å². The maximum absolute atomic E-state index is 13.4. The van der Waals surface area contributed by atoms with Crippen molar-refractivity contribution in [1.29, 1.82) is 0 Å². The lowest BCUT2D eigenvalue weighted by molar-refractivity contribution is 0.103. The van der Waals surface area contributed by atoms with Crippen molar-refractivity contribution in [2.75, 3.05) is 4.72 Å². The van der Waals surface area contributed by atoms with Gasteiger partial charge in [-0.2, -0.15) is 5.10 Å². The van der Waals surface area contributed by atoms with Crippen LogP contribution >= 0.6 is 11.6 Å². The third kappa shape index (κ3) is 4.04. The molecule has 1 aromatic heterocycles. The number of benzene rings is 3. The summed E-state index contributed by atoms with van der Waals surface area (Å²) in [5.41, 5.74) is 2.92. The Kier molecular flexibility index (Phi) is 5.62. The summed E-state index contributed by atoms with van der Waals surface area (Å²) in [4.78, 5) is 13.5. The number of fused-ring (bicyclic) bond motifs is 1. The zero-order valence-electron chi connectivity index (χ0n) is 17.5. The zero-order valence-corrected chi connectivity index (χ0v) is 19.0. The molecule has 0 unspecified atom stereocenters. The second-order valence-electron chi connectivity index (χ2n) is 7.42. The number of nitrogens with one attached hydrogen (secondary N) is 1. The van der Waals surface area contributed by atoms with Crippen LogP contribution in [-0.4, -0.2) is 24.0 Å². The van der Waals surface area contributed by atoms with Crippen LogP contribution < -0.4 is 4.72 Å². The normalized spacial score (nSPS) is 11.5. The fourth-order valence-electron chi connectivity index (χ4n) is 3.42. The van der Waals surface area contributed by atoms with Crippen LogP contribution in [0.4, 0.5) is 5.69 Å². The molecule has 0 radical (unpaired) electrons. The molecule has 0 spiro atoms. The molecule has 0 saturated carbocycles. The smallest absolute Gasteiger partial charge is 0.261 e. The number of carbonyl (C=O) groups is 1. The van der Waals surface area contributed by atoms with Crippen LogP contribution in [0.25, 0.3) is 16.5 Å². The van der Waals surface area contributed by atoms with Crippen LogP contribution in [0.1, 0.15) is 28.5 Å². The third-order valence-corrected chi connectivity index (χ3v) is 6.72. The number of anilines is 1. The van der Waals surface area contributed by atoms with Gasteiger partial charge >= 0.3 is 0 Å². The van der Waals surface area contributed by atoms with E-state index in [2.05, 4.69) is 16.4 Å². The molecule has 8 heteroatoms. The summed E-state index contributed by atoms with van der Waals surface area (Å²) in [7, 11) is -2.20. The number of sulfonamides is 1. The van der Waals surface area contributed by atoms with E-state index in [1.54, 1.807) is 29.9 Å². The van der Waals surface area contributed by atoms with Crippen LogP contribution in [0, 0.1) is 0 Å². The van der Waals surface area contributed by atoms with Crippen LogP contribution in [0.5, 0.6) is 0 Å². The number of aryl methyl sites for hydroxylation is 1. The molecular formula is C24H20ClN3O3S. The number of nitrogens with zero attached hydrogens (tertiary/aromatic N) is 2. The zero-order chi connectivity index (χ0) is 23.0. The van der Waals surface area contributed by atoms with Crippen molar-refractivity contribution in [2.45, 2.75) is 11.8 Å². The lowest BCUT2D eigenvalue weighted by atomic mass is 10.0. The molecule has 162 valence electrons. The molecule has 0 aliphatic carbocycles. The van der Waals surface area contributed by atoms with Crippen molar-refractivity contribution in [3.63, 3.8) is 0 Å². The van der Waals surface area contributed by atoms with E-state index in [1.807, 2.05) is 25.1 Å². The van der Waals surface area contributed by atoms with Gasteiger partial charge in [0, 0.05) is 23.0 Å². The van der Waals surface area contributed by atoms with E-state index < -0.39 is 15.8 Å². The summed E-state index contributed by atoms with van der Waals surface area (Å²) >= 11 is 6.14. The Hall–Kier alpha value is -3.42. The molecule has 1 N–H and O–H groups in total. The molecular weight excluding hydrogens is 446 g/mol. The summed E-state index contributed by atoms with van der Waals surface area (Å²) in [6.07, 6.45) is 0. The van der Waals surface area contributed by atoms with Crippen LogP contribution in [0.3, 0.4) is 0 Å². The highest BCUT2D eigenvalue weighted by molar-refractivity contribution is 7.92. The van der Waals surface area contributed by atoms with E-state index in [0.717, 1.165) is 16.7 Å². The fraction of sp³-hybridized carbons (Fsp3) is 0.0833. The quantitative estimate of drug-likeness (QED) is 0.392. The Morgan fingerprint density at radius 1 is 1.06 bits per heavy atom. The molecule has 0 aliphatic rings. The van der Waals surface area contributed by atoms with E-state index >= 15 is 0 Å². The number of para-hydroxylation sites is 1. The van der Waals surface area contributed by atoms with Gasteiger partial charge in [-0.3, -0.25) is 14.2 Å². The van der Waals surface area contributed by atoms with Crippen molar-refractivity contribution in [3.8, 4) is 0 Å². The molecule has 6 nitrogen and oxygen atoms in total.